The molecule has 0 aromatic heterocycles. The van der Waals surface area contributed by atoms with Gasteiger partial charge in [0.15, 0.2) is 23.0 Å². The summed E-state index contributed by atoms with van der Waals surface area (Å²) < 4.78 is 31.6. The fraction of sp³-hybridized carbons (Fsp3) is 0.400. The van der Waals surface area contributed by atoms with Gasteiger partial charge in [-0.05, 0) is 115 Å². The van der Waals surface area contributed by atoms with Crippen molar-refractivity contribution in [2.45, 2.75) is 57.5 Å². The quantitative estimate of drug-likeness (QED) is 0.224. The van der Waals surface area contributed by atoms with Crippen LogP contribution in [0.2, 0.25) is 0 Å². The van der Waals surface area contributed by atoms with Gasteiger partial charge in [0.2, 0.25) is 5.75 Å². The minimum atomic E-state index is 0.0611. The van der Waals surface area contributed by atoms with E-state index < -0.39 is 0 Å². The zero-order valence-corrected chi connectivity index (χ0v) is 28.7. The molecule has 0 spiro atoms. The zero-order chi connectivity index (χ0) is 32.8. The highest BCUT2D eigenvalue weighted by Crippen LogP contribution is 2.51. The van der Waals surface area contributed by atoms with Crippen LogP contribution in [0.1, 0.15) is 70.8 Å². The van der Waals surface area contributed by atoms with E-state index in [9.17, 15) is 0 Å². The van der Waals surface area contributed by atoms with E-state index in [1.165, 1.54) is 33.4 Å². The van der Waals surface area contributed by atoms with Crippen LogP contribution in [0.15, 0.2) is 60.7 Å². The molecule has 0 N–H and O–H groups in total. The number of methoxy groups -OCH3 is 3. The van der Waals surface area contributed by atoms with Crippen LogP contribution in [0.25, 0.3) is 0 Å². The van der Waals surface area contributed by atoms with E-state index in [0.717, 1.165) is 55.8 Å². The molecule has 246 valence electrons. The van der Waals surface area contributed by atoms with E-state index in [1.807, 2.05) is 0 Å². The first kappa shape index (κ1) is 31.4. The third kappa shape index (κ3) is 5.80. The Balaban J connectivity index is 1.46. The van der Waals surface area contributed by atoms with Crippen LogP contribution in [-0.4, -0.2) is 58.3 Å². The van der Waals surface area contributed by atoms with Gasteiger partial charge in [0.05, 0.1) is 21.3 Å². The number of benzene rings is 4. The summed E-state index contributed by atoms with van der Waals surface area (Å²) in [6, 6.07) is 22.0. The molecule has 4 aromatic carbocycles. The van der Waals surface area contributed by atoms with Crippen LogP contribution in [0.4, 0.5) is 0 Å². The first-order valence-corrected chi connectivity index (χ1v) is 16.7. The van der Waals surface area contributed by atoms with Gasteiger partial charge in [-0.1, -0.05) is 38.1 Å². The van der Waals surface area contributed by atoms with Gasteiger partial charge in [-0.2, -0.15) is 0 Å². The second kappa shape index (κ2) is 12.8. The van der Waals surface area contributed by atoms with Gasteiger partial charge in [-0.15, -0.1) is 0 Å². The molecule has 7 heteroatoms. The van der Waals surface area contributed by atoms with Crippen molar-refractivity contribution in [2.24, 2.45) is 0 Å². The summed E-state index contributed by atoms with van der Waals surface area (Å²) >= 11 is 0. The minimum Gasteiger partial charge on any atom is -0.493 e. The molecule has 7 nitrogen and oxygen atoms in total. The van der Waals surface area contributed by atoms with Crippen LogP contribution < -0.4 is 23.7 Å². The molecule has 0 fully saturated rings. The van der Waals surface area contributed by atoms with Gasteiger partial charge in [0.25, 0.3) is 0 Å². The average molecular weight is 635 g/mol. The van der Waals surface area contributed by atoms with Gasteiger partial charge in [-0.25, -0.2) is 0 Å². The van der Waals surface area contributed by atoms with Crippen molar-refractivity contribution in [3.8, 4) is 40.2 Å². The van der Waals surface area contributed by atoms with Gasteiger partial charge in [0.1, 0.15) is 11.5 Å². The van der Waals surface area contributed by atoms with E-state index in [4.69, 9.17) is 23.7 Å². The fourth-order valence-electron chi connectivity index (χ4n) is 7.62. The standard InChI is InChI=1S/C40H46N2O5/c1-24(2)30-13-10-26-19-32-31-23-36(35(43-5)21-27(31)14-16-41(32)3)47-40-38-28(22-37(44-6)39(40)45-7)15-17-42(4)33(38)18-25-8-11-29(12-9-25)46-34(30)20-26/h8-13,20-24,32-33H,14-19H2,1-7H3/t32-,33+/m1/s1. The highest BCUT2D eigenvalue weighted by atomic mass is 16.5. The predicted octanol–water partition coefficient (Wildman–Crippen LogP) is 8.28. The summed E-state index contributed by atoms with van der Waals surface area (Å²) in [7, 11) is 9.50. The van der Waals surface area contributed by atoms with Gasteiger partial charge >= 0.3 is 0 Å². The van der Waals surface area contributed by atoms with Crippen LogP contribution in [0, 0.1) is 0 Å². The van der Waals surface area contributed by atoms with Crippen molar-refractivity contribution >= 4 is 0 Å². The summed E-state index contributed by atoms with van der Waals surface area (Å²) in [4.78, 5) is 4.87. The lowest BCUT2D eigenvalue weighted by atomic mass is 9.87. The number of nitrogens with zero attached hydrogens (tertiary/aromatic N) is 2. The lowest BCUT2D eigenvalue weighted by molar-refractivity contribution is 0.220. The SMILES string of the molecule is COc1cc2c3cc1Oc1c(OC)c(OC)cc4c1[C@H](Cc1ccc(cc1)Oc1cc(ccc1C(C)C)C[C@H]3N(C)CC2)N(C)CC4. The highest BCUT2D eigenvalue weighted by molar-refractivity contribution is 5.63. The maximum absolute atomic E-state index is 7.05. The molecule has 6 bridgehead atoms. The summed E-state index contributed by atoms with van der Waals surface area (Å²) in [6.45, 7) is 6.34. The molecule has 0 saturated heterocycles. The Hall–Kier alpha value is -4.20. The lowest BCUT2D eigenvalue weighted by Crippen LogP contribution is -2.34. The number of fused-ring (bicyclic) bond motifs is 2. The molecule has 4 aromatic rings. The summed E-state index contributed by atoms with van der Waals surface area (Å²) in [5, 5.41) is 0. The summed E-state index contributed by atoms with van der Waals surface area (Å²) in [6.07, 6.45) is 3.47. The smallest absolute Gasteiger partial charge is 0.204 e. The molecule has 4 aliphatic rings. The number of rotatable bonds is 4. The number of hydrogen-bond donors (Lipinski definition) is 0. The van der Waals surface area contributed by atoms with Crippen LogP contribution in [0.5, 0.6) is 40.2 Å². The molecule has 4 heterocycles. The summed E-state index contributed by atoms with van der Waals surface area (Å²) in [5.41, 5.74) is 8.55. The maximum atomic E-state index is 7.05. The number of likely N-dealkylation sites (N-methyl/N-ethyl adjacent to an activating group) is 2. The molecular formula is C40H46N2O5. The van der Waals surface area contributed by atoms with Crippen LogP contribution >= 0.6 is 0 Å². The first-order valence-electron chi connectivity index (χ1n) is 16.7. The predicted molar refractivity (Wildman–Crippen MR) is 185 cm³/mol. The normalized spacial score (nSPS) is 19.2. The van der Waals surface area contributed by atoms with Gasteiger partial charge in [-0.3, -0.25) is 9.80 Å². The molecule has 0 aliphatic carbocycles. The summed E-state index contributed by atoms with van der Waals surface area (Å²) in [5.74, 6) is 5.46. The van der Waals surface area contributed by atoms with Crippen molar-refractivity contribution in [1.29, 1.82) is 0 Å². The monoisotopic (exact) mass is 634 g/mol. The Labute approximate surface area is 279 Å². The van der Waals surface area contributed by atoms with E-state index >= 15 is 0 Å². The number of hydrogen-bond acceptors (Lipinski definition) is 7. The highest BCUT2D eigenvalue weighted by Gasteiger charge is 2.34. The first-order chi connectivity index (χ1) is 22.8. The van der Waals surface area contributed by atoms with Crippen molar-refractivity contribution < 1.29 is 23.7 Å². The largest absolute Gasteiger partial charge is 0.493 e. The van der Waals surface area contributed by atoms with Crippen molar-refractivity contribution in [2.75, 3.05) is 48.5 Å². The second-order valence-electron chi connectivity index (χ2n) is 13.5. The van der Waals surface area contributed by atoms with Crippen molar-refractivity contribution in [3.05, 3.63) is 99.6 Å². The van der Waals surface area contributed by atoms with Crippen molar-refractivity contribution in [1.82, 2.24) is 9.80 Å². The maximum Gasteiger partial charge on any atom is 0.204 e. The zero-order valence-electron chi connectivity index (χ0n) is 28.7. The van der Waals surface area contributed by atoms with E-state index in [1.54, 1.807) is 21.3 Å². The Morgan fingerprint density at radius 1 is 0.681 bits per heavy atom. The third-order valence-electron chi connectivity index (χ3n) is 10.3. The Morgan fingerprint density at radius 3 is 2.04 bits per heavy atom. The van der Waals surface area contributed by atoms with Gasteiger partial charge < -0.3 is 23.7 Å². The molecular weight excluding hydrogens is 588 g/mol. The van der Waals surface area contributed by atoms with Crippen molar-refractivity contribution in [3.63, 3.8) is 0 Å². The van der Waals surface area contributed by atoms with Crippen LogP contribution in [-0.2, 0) is 25.7 Å². The molecule has 0 radical (unpaired) electrons. The lowest BCUT2D eigenvalue weighted by Gasteiger charge is -2.37. The van der Waals surface area contributed by atoms with Crippen LogP contribution in [0.3, 0.4) is 0 Å². The topological polar surface area (TPSA) is 52.6 Å². The molecule has 0 saturated carbocycles. The second-order valence-corrected chi connectivity index (χ2v) is 13.5. The molecule has 8 rings (SSSR count). The Morgan fingerprint density at radius 2 is 1.34 bits per heavy atom. The average Bonchev–Trinajstić information content (AvgIpc) is 3.07. The molecule has 0 amide bonds. The van der Waals surface area contributed by atoms with E-state index in [0.29, 0.717) is 34.7 Å². The Kier molecular flexibility index (Phi) is 8.54. The molecule has 0 unspecified atom stereocenters. The third-order valence-corrected chi connectivity index (χ3v) is 10.3. The molecule has 2 atom stereocenters. The molecule has 47 heavy (non-hydrogen) atoms. The minimum absolute atomic E-state index is 0.0611. The van der Waals surface area contributed by atoms with E-state index in [-0.39, 0.29) is 12.1 Å². The van der Waals surface area contributed by atoms with E-state index in [2.05, 4.69) is 98.4 Å². The van der Waals surface area contributed by atoms with Gasteiger partial charge in [0, 0.05) is 30.7 Å². The fourth-order valence-corrected chi connectivity index (χ4v) is 7.62. The Bertz CT molecular complexity index is 1780. The molecule has 4 aliphatic heterocycles. The number of ether oxygens (including phenoxy) is 5.